The summed E-state index contributed by atoms with van der Waals surface area (Å²) in [6.07, 6.45) is 0. The van der Waals surface area contributed by atoms with Gasteiger partial charge in [-0.2, -0.15) is 0 Å². The fourth-order valence-electron chi connectivity index (χ4n) is 5.12. The number of hydrogen-bond acceptors (Lipinski definition) is 5. The molecular weight excluding hydrogens is 450 g/mol. The van der Waals surface area contributed by atoms with E-state index in [1.165, 1.54) is 0 Å². The molecule has 0 bridgehead atoms. The molecule has 0 radical (unpaired) electrons. The second-order valence-corrected chi connectivity index (χ2v) is 9.63. The summed E-state index contributed by atoms with van der Waals surface area (Å²) >= 11 is 0. The summed E-state index contributed by atoms with van der Waals surface area (Å²) in [5.74, 6) is -1.44. The van der Waals surface area contributed by atoms with Gasteiger partial charge in [0.25, 0.3) is 0 Å². The highest BCUT2D eigenvalue weighted by Crippen LogP contribution is 2.41. The van der Waals surface area contributed by atoms with Crippen molar-refractivity contribution < 1.29 is 14.4 Å². The number of piperidine rings is 1. The molecule has 2 atom stereocenters. The van der Waals surface area contributed by atoms with Gasteiger partial charge in [-0.05, 0) is 11.1 Å². The van der Waals surface area contributed by atoms with Gasteiger partial charge < -0.3 is 10.6 Å². The quantitative estimate of drug-likeness (QED) is 0.495. The van der Waals surface area contributed by atoms with Crippen molar-refractivity contribution in [2.24, 2.45) is 17.6 Å². The third kappa shape index (κ3) is 5.61. The van der Waals surface area contributed by atoms with Crippen molar-refractivity contribution in [3.8, 4) is 0 Å². The molecule has 1 aliphatic rings. The van der Waals surface area contributed by atoms with E-state index in [1.807, 2.05) is 89.8 Å². The SMILES string of the molecule is CN(C)C(=O)CN1CC(C(=O)c2ccccc2)C(c2cccc(CN)c2)C(C(=O)c2ccccc2)C1. The molecule has 6 heteroatoms. The lowest BCUT2D eigenvalue weighted by atomic mass is 9.68. The largest absolute Gasteiger partial charge is 0.348 e. The van der Waals surface area contributed by atoms with E-state index in [4.69, 9.17) is 5.73 Å². The summed E-state index contributed by atoms with van der Waals surface area (Å²) in [6, 6.07) is 26.3. The number of carbonyl (C=O) groups excluding carboxylic acids is 3. The first-order chi connectivity index (χ1) is 17.4. The van der Waals surface area contributed by atoms with Crippen molar-refractivity contribution in [2.45, 2.75) is 12.5 Å². The Hall–Kier alpha value is -3.61. The van der Waals surface area contributed by atoms with Crippen LogP contribution in [0.1, 0.15) is 37.8 Å². The zero-order valence-electron chi connectivity index (χ0n) is 20.8. The molecule has 1 aliphatic heterocycles. The normalized spacial score (nSPS) is 20.0. The van der Waals surface area contributed by atoms with Crippen molar-refractivity contribution in [2.75, 3.05) is 33.7 Å². The summed E-state index contributed by atoms with van der Waals surface area (Å²) in [6.45, 7) is 1.31. The summed E-state index contributed by atoms with van der Waals surface area (Å²) < 4.78 is 0. The first-order valence-corrected chi connectivity index (χ1v) is 12.3. The fraction of sp³-hybridized carbons (Fsp3) is 0.300. The topological polar surface area (TPSA) is 83.7 Å². The number of nitrogens with zero attached hydrogens (tertiary/aromatic N) is 2. The summed E-state index contributed by atoms with van der Waals surface area (Å²) in [5, 5.41) is 0. The molecular formula is C30H33N3O3. The molecule has 1 amide bonds. The Morgan fingerprint density at radius 3 is 1.81 bits per heavy atom. The van der Waals surface area contributed by atoms with E-state index >= 15 is 0 Å². The predicted molar refractivity (Wildman–Crippen MR) is 141 cm³/mol. The Morgan fingerprint density at radius 1 is 0.806 bits per heavy atom. The monoisotopic (exact) mass is 483 g/mol. The molecule has 0 spiro atoms. The molecule has 3 aromatic carbocycles. The van der Waals surface area contributed by atoms with E-state index in [-0.39, 0.29) is 29.9 Å². The van der Waals surface area contributed by atoms with Crippen LogP contribution in [0, 0.1) is 11.8 Å². The molecule has 1 fully saturated rings. The average Bonchev–Trinajstić information content (AvgIpc) is 2.92. The number of benzene rings is 3. The van der Waals surface area contributed by atoms with Gasteiger partial charge in [0.15, 0.2) is 11.6 Å². The van der Waals surface area contributed by atoms with Crippen LogP contribution in [-0.4, -0.2) is 61.0 Å². The van der Waals surface area contributed by atoms with Crippen molar-refractivity contribution >= 4 is 17.5 Å². The van der Waals surface area contributed by atoms with Gasteiger partial charge in [0, 0.05) is 62.6 Å². The first kappa shape index (κ1) is 25.5. The van der Waals surface area contributed by atoms with E-state index in [0.29, 0.717) is 30.8 Å². The minimum atomic E-state index is -0.498. The third-order valence-corrected chi connectivity index (χ3v) is 7.00. The zero-order chi connectivity index (χ0) is 25.7. The number of likely N-dealkylation sites (tertiary alicyclic amines) is 1. The Labute approximate surface area is 212 Å². The highest BCUT2D eigenvalue weighted by molar-refractivity contribution is 6.02. The Balaban J connectivity index is 1.82. The van der Waals surface area contributed by atoms with E-state index in [9.17, 15) is 14.4 Å². The molecule has 2 unspecified atom stereocenters. The smallest absolute Gasteiger partial charge is 0.236 e. The van der Waals surface area contributed by atoms with Crippen LogP contribution < -0.4 is 5.73 Å². The lowest BCUT2D eigenvalue weighted by Crippen LogP contribution is -2.52. The lowest BCUT2D eigenvalue weighted by Gasteiger charge is -2.43. The predicted octanol–water partition coefficient (Wildman–Crippen LogP) is 3.63. The molecule has 0 aliphatic carbocycles. The van der Waals surface area contributed by atoms with Gasteiger partial charge in [-0.25, -0.2) is 0 Å². The van der Waals surface area contributed by atoms with Gasteiger partial charge in [0.1, 0.15) is 0 Å². The molecule has 0 aromatic heterocycles. The maximum absolute atomic E-state index is 13.9. The van der Waals surface area contributed by atoms with E-state index in [0.717, 1.165) is 11.1 Å². The second kappa shape index (κ2) is 11.4. The van der Waals surface area contributed by atoms with Crippen LogP contribution in [0.15, 0.2) is 84.9 Å². The minimum Gasteiger partial charge on any atom is -0.348 e. The van der Waals surface area contributed by atoms with Crippen LogP contribution >= 0.6 is 0 Å². The highest BCUT2D eigenvalue weighted by atomic mass is 16.2. The van der Waals surface area contributed by atoms with Crippen LogP contribution in [0.25, 0.3) is 0 Å². The number of nitrogens with two attached hydrogens (primary N) is 1. The molecule has 0 saturated carbocycles. The number of carbonyl (C=O) groups is 3. The molecule has 1 saturated heterocycles. The lowest BCUT2D eigenvalue weighted by molar-refractivity contribution is -0.130. The summed E-state index contributed by atoms with van der Waals surface area (Å²) in [7, 11) is 3.43. The van der Waals surface area contributed by atoms with E-state index < -0.39 is 11.8 Å². The number of Topliss-reactive ketones (excluding diaryl/α,β-unsaturated/α-hetero) is 2. The Kier molecular flexibility index (Phi) is 8.08. The van der Waals surface area contributed by atoms with Gasteiger partial charge in [-0.3, -0.25) is 19.3 Å². The fourth-order valence-corrected chi connectivity index (χ4v) is 5.12. The van der Waals surface area contributed by atoms with Gasteiger partial charge >= 0.3 is 0 Å². The number of hydrogen-bond donors (Lipinski definition) is 1. The molecule has 3 aromatic rings. The number of amides is 1. The Morgan fingerprint density at radius 2 is 1.33 bits per heavy atom. The maximum atomic E-state index is 13.9. The second-order valence-electron chi connectivity index (χ2n) is 9.63. The number of likely N-dealkylation sites (N-methyl/N-ethyl adjacent to an activating group) is 1. The van der Waals surface area contributed by atoms with Crippen LogP contribution in [0.4, 0.5) is 0 Å². The van der Waals surface area contributed by atoms with Crippen molar-refractivity contribution in [1.82, 2.24) is 9.80 Å². The molecule has 1 heterocycles. The van der Waals surface area contributed by atoms with E-state index in [2.05, 4.69) is 0 Å². The minimum absolute atomic E-state index is 0.0217. The van der Waals surface area contributed by atoms with Gasteiger partial charge in [0.05, 0.1) is 6.54 Å². The van der Waals surface area contributed by atoms with Crippen molar-refractivity contribution in [3.63, 3.8) is 0 Å². The van der Waals surface area contributed by atoms with Gasteiger partial charge in [0.2, 0.25) is 5.91 Å². The zero-order valence-corrected chi connectivity index (χ0v) is 20.8. The molecule has 186 valence electrons. The Bertz CT molecular complexity index is 1150. The van der Waals surface area contributed by atoms with Gasteiger partial charge in [-0.1, -0.05) is 84.9 Å². The third-order valence-electron chi connectivity index (χ3n) is 7.00. The van der Waals surface area contributed by atoms with Crippen molar-refractivity contribution in [1.29, 1.82) is 0 Å². The van der Waals surface area contributed by atoms with Crippen LogP contribution in [0.2, 0.25) is 0 Å². The molecule has 4 rings (SSSR count). The van der Waals surface area contributed by atoms with Crippen molar-refractivity contribution in [3.05, 3.63) is 107 Å². The average molecular weight is 484 g/mol. The van der Waals surface area contributed by atoms with Gasteiger partial charge in [-0.15, -0.1) is 0 Å². The summed E-state index contributed by atoms with van der Waals surface area (Å²) in [4.78, 5) is 44.0. The standard InChI is InChI=1S/C30H33N3O3/c1-32(2)27(34)20-33-18-25(29(35)22-11-5-3-6-12-22)28(24-15-9-10-21(16-24)17-31)26(19-33)30(36)23-13-7-4-8-14-23/h3-16,25-26,28H,17-20,31H2,1-2H3. The number of rotatable bonds is 8. The molecule has 6 nitrogen and oxygen atoms in total. The van der Waals surface area contributed by atoms with Crippen LogP contribution in [0.3, 0.4) is 0 Å². The maximum Gasteiger partial charge on any atom is 0.236 e. The van der Waals surface area contributed by atoms with E-state index in [1.54, 1.807) is 19.0 Å². The van der Waals surface area contributed by atoms with Crippen LogP contribution in [-0.2, 0) is 11.3 Å². The molecule has 2 N–H and O–H groups in total. The first-order valence-electron chi connectivity index (χ1n) is 12.3. The highest BCUT2D eigenvalue weighted by Gasteiger charge is 2.45. The van der Waals surface area contributed by atoms with Crippen LogP contribution in [0.5, 0.6) is 0 Å². The number of ketones is 2. The molecule has 36 heavy (non-hydrogen) atoms. The summed E-state index contributed by atoms with van der Waals surface area (Å²) in [5.41, 5.74) is 9.04.